The maximum absolute atomic E-state index is 12.9. The lowest BCUT2D eigenvalue weighted by molar-refractivity contribution is 0.460. The molecule has 0 unspecified atom stereocenters. The summed E-state index contributed by atoms with van der Waals surface area (Å²) in [4.78, 5) is 8.45. The van der Waals surface area contributed by atoms with Crippen molar-refractivity contribution in [3.05, 3.63) is 54.0 Å². The minimum Gasteiger partial charge on any atom is -0.439 e. The molecule has 2 rings (SSSR count). The lowest BCUT2D eigenvalue weighted by Gasteiger charge is -2.23. The minimum absolute atomic E-state index is 0. The zero-order valence-corrected chi connectivity index (χ0v) is 17.2. The van der Waals surface area contributed by atoms with E-state index >= 15 is 0 Å². The van der Waals surface area contributed by atoms with Crippen molar-refractivity contribution in [1.82, 2.24) is 15.6 Å². The fourth-order valence-corrected chi connectivity index (χ4v) is 1.92. The first kappa shape index (κ1) is 21.1. The number of pyridine rings is 1. The number of hydrogen-bond donors (Lipinski definition) is 2. The topological polar surface area (TPSA) is 58.5 Å². The van der Waals surface area contributed by atoms with Crippen molar-refractivity contribution in [3.8, 4) is 11.6 Å². The second kappa shape index (κ2) is 9.55. The molecule has 0 aliphatic heterocycles. The Kier molecular flexibility index (Phi) is 8.08. The summed E-state index contributed by atoms with van der Waals surface area (Å²) in [6, 6.07) is 9.52. The summed E-state index contributed by atoms with van der Waals surface area (Å²) in [7, 11) is 1.74. The molecule has 1 aromatic heterocycles. The second-order valence-electron chi connectivity index (χ2n) is 6.36. The van der Waals surface area contributed by atoms with E-state index in [0.717, 1.165) is 11.5 Å². The average Bonchev–Trinajstić information content (AvgIpc) is 2.54. The molecular formula is C18H24FIN4O. The van der Waals surface area contributed by atoms with Gasteiger partial charge in [-0.2, -0.15) is 0 Å². The van der Waals surface area contributed by atoms with Gasteiger partial charge in [-0.15, -0.1) is 24.0 Å². The van der Waals surface area contributed by atoms with Gasteiger partial charge in [0, 0.05) is 31.4 Å². The number of nitrogens with zero attached hydrogens (tertiary/aromatic N) is 2. The van der Waals surface area contributed by atoms with Crippen LogP contribution in [0.4, 0.5) is 4.39 Å². The molecule has 0 fully saturated rings. The molecule has 0 spiro atoms. The molecule has 136 valence electrons. The minimum atomic E-state index is -0.297. The van der Waals surface area contributed by atoms with Gasteiger partial charge in [0.25, 0.3) is 0 Å². The highest BCUT2D eigenvalue weighted by Gasteiger charge is 2.11. The van der Waals surface area contributed by atoms with Crippen molar-refractivity contribution in [1.29, 1.82) is 0 Å². The number of aromatic nitrogens is 1. The van der Waals surface area contributed by atoms with E-state index in [9.17, 15) is 4.39 Å². The number of rotatable bonds is 4. The van der Waals surface area contributed by atoms with Crippen LogP contribution in [-0.2, 0) is 6.54 Å². The maximum atomic E-state index is 12.9. The smallest absolute Gasteiger partial charge is 0.219 e. The van der Waals surface area contributed by atoms with E-state index in [1.807, 2.05) is 6.07 Å². The zero-order chi connectivity index (χ0) is 17.6. The van der Waals surface area contributed by atoms with Crippen LogP contribution in [0.15, 0.2) is 47.6 Å². The molecule has 0 atom stereocenters. The van der Waals surface area contributed by atoms with E-state index in [1.165, 1.54) is 12.1 Å². The number of aliphatic imine (C=N–C) groups is 1. The average molecular weight is 458 g/mol. The Morgan fingerprint density at radius 1 is 1.16 bits per heavy atom. The van der Waals surface area contributed by atoms with Crippen LogP contribution in [0.3, 0.4) is 0 Å². The van der Waals surface area contributed by atoms with Gasteiger partial charge in [0.2, 0.25) is 5.88 Å². The predicted octanol–water partition coefficient (Wildman–Crippen LogP) is 4.09. The molecule has 0 aliphatic carbocycles. The van der Waals surface area contributed by atoms with Gasteiger partial charge in [-0.1, -0.05) is 6.07 Å². The third-order valence-corrected chi connectivity index (χ3v) is 3.01. The van der Waals surface area contributed by atoms with Gasteiger partial charge < -0.3 is 15.4 Å². The maximum Gasteiger partial charge on any atom is 0.219 e. The van der Waals surface area contributed by atoms with Crippen molar-refractivity contribution in [3.63, 3.8) is 0 Å². The molecule has 0 saturated carbocycles. The van der Waals surface area contributed by atoms with Crippen molar-refractivity contribution in [2.75, 3.05) is 7.05 Å². The Morgan fingerprint density at radius 3 is 2.36 bits per heavy atom. The van der Waals surface area contributed by atoms with Crippen molar-refractivity contribution in [2.45, 2.75) is 32.9 Å². The summed E-state index contributed by atoms with van der Waals surface area (Å²) in [5, 5.41) is 6.52. The summed E-state index contributed by atoms with van der Waals surface area (Å²) in [6.45, 7) is 6.81. The Hall–Kier alpha value is -1.90. The fourth-order valence-electron chi connectivity index (χ4n) is 1.92. The van der Waals surface area contributed by atoms with E-state index in [-0.39, 0.29) is 35.3 Å². The van der Waals surface area contributed by atoms with Gasteiger partial charge in [0.05, 0.1) is 0 Å². The van der Waals surface area contributed by atoms with Crippen LogP contribution in [-0.4, -0.2) is 23.5 Å². The molecule has 5 nitrogen and oxygen atoms in total. The number of nitrogens with one attached hydrogen (secondary N) is 2. The van der Waals surface area contributed by atoms with Gasteiger partial charge in [-0.05, 0) is 50.6 Å². The molecule has 25 heavy (non-hydrogen) atoms. The Balaban J connectivity index is 0.00000312. The van der Waals surface area contributed by atoms with E-state index < -0.39 is 0 Å². The highest BCUT2D eigenvalue weighted by Crippen LogP contribution is 2.19. The Labute approximate surface area is 165 Å². The summed E-state index contributed by atoms with van der Waals surface area (Å²) >= 11 is 0. The summed E-state index contributed by atoms with van der Waals surface area (Å²) in [6.07, 6.45) is 1.73. The van der Waals surface area contributed by atoms with E-state index in [0.29, 0.717) is 18.2 Å². The quantitative estimate of drug-likeness (QED) is 0.412. The summed E-state index contributed by atoms with van der Waals surface area (Å²) < 4.78 is 18.4. The Bertz CT molecular complexity index is 682. The third-order valence-electron chi connectivity index (χ3n) is 3.01. The lowest BCUT2D eigenvalue weighted by atomic mass is 10.1. The van der Waals surface area contributed by atoms with Crippen molar-refractivity contribution < 1.29 is 9.13 Å². The van der Waals surface area contributed by atoms with Crippen LogP contribution in [0.5, 0.6) is 11.6 Å². The van der Waals surface area contributed by atoms with Gasteiger partial charge in [-0.3, -0.25) is 4.99 Å². The Morgan fingerprint density at radius 2 is 1.84 bits per heavy atom. The van der Waals surface area contributed by atoms with Gasteiger partial charge in [0.1, 0.15) is 11.6 Å². The summed E-state index contributed by atoms with van der Waals surface area (Å²) in [5.74, 6) is 1.44. The lowest BCUT2D eigenvalue weighted by Crippen LogP contribution is -2.47. The van der Waals surface area contributed by atoms with E-state index in [1.54, 1.807) is 31.4 Å². The van der Waals surface area contributed by atoms with Crippen LogP contribution >= 0.6 is 24.0 Å². The highest BCUT2D eigenvalue weighted by molar-refractivity contribution is 14.0. The third kappa shape index (κ3) is 7.68. The molecule has 0 bridgehead atoms. The molecule has 0 aliphatic rings. The van der Waals surface area contributed by atoms with Crippen LogP contribution in [0.25, 0.3) is 0 Å². The largest absolute Gasteiger partial charge is 0.439 e. The molecule has 2 aromatic rings. The van der Waals surface area contributed by atoms with Crippen molar-refractivity contribution in [2.24, 2.45) is 4.99 Å². The monoisotopic (exact) mass is 458 g/mol. The standard InChI is InChI=1S/C18H23FN4O.HI/c1-18(2,3)23-17(20-4)22-12-13-5-10-16(21-11-13)24-15-8-6-14(19)7-9-15;/h5-11H,12H2,1-4H3,(H2,20,22,23);1H. The fraction of sp³-hybridized carbons (Fsp3) is 0.333. The second-order valence-corrected chi connectivity index (χ2v) is 6.36. The van der Waals surface area contributed by atoms with Crippen LogP contribution in [0, 0.1) is 5.82 Å². The normalized spacial score (nSPS) is 11.5. The predicted molar refractivity (Wildman–Crippen MR) is 109 cm³/mol. The molecule has 2 N–H and O–H groups in total. The number of ether oxygens (including phenoxy) is 1. The van der Waals surface area contributed by atoms with E-state index in [4.69, 9.17) is 4.74 Å². The molecule has 1 heterocycles. The highest BCUT2D eigenvalue weighted by atomic mass is 127. The first-order valence-electron chi connectivity index (χ1n) is 7.73. The first-order valence-corrected chi connectivity index (χ1v) is 7.73. The number of halogens is 2. The van der Waals surface area contributed by atoms with Gasteiger partial charge >= 0.3 is 0 Å². The summed E-state index contributed by atoms with van der Waals surface area (Å²) in [5.41, 5.74) is 0.936. The van der Waals surface area contributed by atoms with Gasteiger partial charge in [0.15, 0.2) is 5.96 Å². The number of guanidine groups is 1. The molecule has 1 aromatic carbocycles. The SMILES string of the molecule is CN=C(NCc1ccc(Oc2ccc(F)cc2)nc1)NC(C)(C)C.I. The van der Waals surface area contributed by atoms with Crippen LogP contribution in [0.2, 0.25) is 0 Å². The molecule has 0 amide bonds. The van der Waals surface area contributed by atoms with Gasteiger partial charge in [-0.25, -0.2) is 9.37 Å². The number of hydrogen-bond acceptors (Lipinski definition) is 3. The molecule has 0 saturated heterocycles. The van der Waals surface area contributed by atoms with Crippen LogP contribution in [0.1, 0.15) is 26.3 Å². The molecule has 7 heteroatoms. The van der Waals surface area contributed by atoms with E-state index in [2.05, 4.69) is 41.4 Å². The van der Waals surface area contributed by atoms with Crippen molar-refractivity contribution >= 4 is 29.9 Å². The van der Waals surface area contributed by atoms with Crippen LogP contribution < -0.4 is 15.4 Å². The molecular weight excluding hydrogens is 434 g/mol. The zero-order valence-electron chi connectivity index (χ0n) is 14.8. The number of benzene rings is 1. The first-order chi connectivity index (χ1) is 11.4. The molecule has 0 radical (unpaired) electrons.